The molecule has 1 aliphatic heterocycles. The largest absolute Gasteiger partial charge is 0.384 e. The zero-order chi connectivity index (χ0) is 21.7. The summed E-state index contributed by atoms with van der Waals surface area (Å²) in [7, 11) is 1.86. The number of amides is 2. The van der Waals surface area contributed by atoms with Crippen molar-refractivity contribution in [3.05, 3.63) is 59.3 Å². The van der Waals surface area contributed by atoms with Gasteiger partial charge in [0.05, 0.1) is 6.04 Å². The molecule has 2 heterocycles. The van der Waals surface area contributed by atoms with Crippen LogP contribution in [0.25, 0.3) is 0 Å². The zero-order valence-corrected chi connectivity index (χ0v) is 16.7. The van der Waals surface area contributed by atoms with Crippen LogP contribution < -0.4 is 16.4 Å². The average Bonchev–Trinajstić information content (AvgIpc) is 3.15. The van der Waals surface area contributed by atoms with E-state index in [2.05, 4.69) is 15.6 Å². The van der Waals surface area contributed by atoms with E-state index in [1.807, 2.05) is 11.9 Å². The average molecular weight is 417 g/mol. The summed E-state index contributed by atoms with van der Waals surface area (Å²) < 4.78 is 26.9. The van der Waals surface area contributed by atoms with Crippen LogP contribution in [-0.4, -0.2) is 47.4 Å². The molecule has 0 aliphatic carbocycles. The Morgan fingerprint density at radius 2 is 2.00 bits per heavy atom. The van der Waals surface area contributed by atoms with E-state index in [9.17, 15) is 18.4 Å². The molecule has 0 bridgehead atoms. The molecule has 160 valence electrons. The van der Waals surface area contributed by atoms with Gasteiger partial charge in [0.2, 0.25) is 11.8 Å². The number of pyridine rings is 1. The number of benzene rings is 1. The fourth-order valence-corrected chi connectivity index (χ4v) is 3.47. The van der Waals surface area contributed by atoms with E-state index < -0.39 is 23.6 Å². The lowest BCUT2D eigenvalue weighted by Gasteiger charge is -2.24. The summed E-state index contributed by atoms with van der Waals surface area (Å²) in [6.45, 7) is 1.00. The third-order valence-electron chi connectivity index (χ3n) is 5.19. The lowest BCUT2D eigenvalue weighted by molar-refractivity contribution is -0.131. The molecule has 3 rings (SSSR count). The van der Waals surface area contributed by atoms with E-state index in [1.54, 1.807) is 18.3 Å². The van der Waals surface area contributed by atoms with Gasteiger partial charge < -0.3 is 16.4 Å². The number of halogens is 2. The molecule has 2 aromatic rings. The first kappa shape index (κ1) is 21.6. The fraction of sp³-hybridized carbons (Fsp3) is 0.381. The Morgan fingerprint density at radius 1 is 1.23 bits per heavy atom. The fourth-order valence-electron chi connectivity index (χ4n) is 3.47. The van der Waals surface area contributed by atoms with Gasteiger partial charge in [0, 0.05) is 19.2 Å². The summed E-state index contributed by atoms with van der Waals surface area (Å²) in [4.78, 5) is 31.4. The normalized spacial score (nSPS) is 17.5. The standard InChI is InChI=1S/C21H25F2N5O2/c1-28-8-2-3-18(28)21(30)27-17(10-13-4-6-15(22)16(23)9-13)20(29)26-12-14-5-7-19(24)25-11-14/h4-7,9,11,17-18H,2-3,8,10,12H2,1H3,(H2,24,25)(H,26,29)(H,27,30)/t17-,18?/m0/s1. The van der Waals surface area contributed by atoms with Gasteiger partial charge in [-0.05, 0) is 55.8 Å². The van der Waals surface area contributed by atoms with Gasteiger partial charge in [0.25, 0.3) is 0 Å². The number of carbonyl (C=O) groups is 2. The van der Waals surface area contributed by atoms with E-state index in [0.717, 1.165) is 30.7 Å². The van der Waals surface area contributed by atoms with Crippen LogP contribution in [0.15, 0.2) is 36.5 Å². The maximum Gasteiger partial charge on any atom is 0.243 e. The van der Waals surface area contributed by atoms with Crippen LogP contribution in [0.3, 0.4) is 0 Å². The molecule has 0 spiro atoms. The molecule has 1 aromatic carbocycles. The lowest BCUT2D eigenvalue weighted by Crippen LogP contribution is -2.52. The predicted molar refractivity (Wildman–Crippen MR) is 108 cm³/mol. The molecular formula is C21H25F2N5O2. The second-order valence-electron chi connectivity index (χ2n) is 7.46. The number of anilines is 1. The van der Waals surface area contributed by atoms with Gasteiger partial charge in [-0.1, -0.05) is 12.1 Å². The number of likely N-dealkylation sites (N-methyl/N-ethyl adjacent to an activating group) is 1. The van der Waals surface area contributed by atoms with Gasteiger partial charge in [-0.2, -0.15) is 0 Å². The molecule has 0 radical (unpaired) electrons. The number of nitrogens with one attached hydrogen (secondary N) is 2. The van der Waals surface area contributed by atoms with Crippen molar-refractivity contribution in [3.63, 3.8) is 0 Å². The molecule has 2 amide bonds. The van der Waals surface area contributed by atoms with Crippen molar-refractivity contribution in [3.8, 4) is 0 Å². The van der Waals surface area contributed by atoms with Crippen molar-refractivity contribution in [1.82, 2.24) is 20.5 Å². The van der Waals surface area contributed by atoms with Gasteiger partial charge in [-0.15, -0.1) is 0 Å². The highest BCUT2D eigenvalue weighted by molar-refractivity contribution is 5.90. The first-order valence-corrected chi connectivity index (χ1v) is 9.76. The maximum atomic E-state index is 13.6. The van der Waals surface area contributed by atoms with Gasteiger partial charge >= 0.3 is 0 Å². The number of likely N-dealkylation sites (tertiary alicyclic amines) is 1. The first-order valence-electron chi connectivity index (χ1n) is 9.76. The quantitative estimate of drug-likeness (QED) is 0.632. The number of hydrogen-bond acceptors (Lipinski definition) is 5. The Hall–Kier alpha value is -3.07. The number of carbonyl (C=O) groups excluding carboxylic acids is 2. The highest BCUT2D eigenvalue weighted by Crippen LogP contribution is 2.16. The number of nitrogen functional groups attached to an aromatic ring is 1. The van der Waals surface area contributed by atoms with E-state index >= 15 is 0 Å². The third kappa shape index (κ3) is 5.50. The molecule has 1 aromatic heterocycles. The number of hydrogen-bond donors (Lipinski definition) is 3. The zero-order valence-electron chi connectivity index (χ0n) is 16.7. The van der Waals surface area contributed by atoms with Gasteiger partial charge in [0.1, 0.15) is 11.9 Å². The van der Waals surface area contributed by atoms with Crippen molar-refractivity contribution in [1.29, 1.82) is 0 Å². The predicted octanol–water partition coefficient (Wildman–Crippen LogP) is 1.38. The molecular weight excluding hydrogens is 392 g/mol. The molecule has 1 aliphatic rings. The molecule has 1 unspecified atom stereocenters. The summed E-state index contributed by atoms with van der Waals surface area (Å²) in [5, 5.41) is 5.53. The lowest BCUT2D eigenvalue weighted by atomic mass is 10.0. The molecule has 0 saturated carbocycles. The molecule has 1 fully saturated rings. The van der Waals surface area contributed by atoms with Crippen molar-refractivity contribution < 1.29 is 18.4 Å². The van der Waals surface area contributed by atoms with Crippen molar-refractivity contribution in [2.45, 2.75) is 37.9 Å². The summed E-state index contributed by atoms with van der Waals surface area (Å²) in [6, 6.07) is 5.55. The second kappa shape index (κ2) is 9.62. The summed E-state index contributed by atoms with van der Waals surface area (Å²) in [6.07, 6.45) is 3.19. The summed E-state index contributed by atoms with van der Waals surface area (Å²) in [5.41, 5.74) is 6.71. The van der Waals surface area contributed by atoms with E-state index in [4.69, 9.17) is 5.73 Å². The minimum atomic E-state index is -0.999. The third-order valence-corrected chi connectivity index (χ3v) is 5.19. The van der Waals surface area contributed by atoms with Crippen LogP contribution in [0.1, 0.15) is 24.0 Å². The topological polar surface area (TPSA) is 100 Å². The van der Waals surface area contributed by atoms with Gasteiger partial charge in [-0.25, -0.2) is 13.8 Å². The summed E-state index contributed by atoms with van der Waals surface area (Å²) >= 11 is 0. The molecule has 30 heavy (non-hydrogen) atoms. The maximum absolute atomic E-state index is 13.6. The highest BCUT2D eigenvalue weighted by Gasteiger charge is 2.31. The SMILES string of the molecule is CN1CCCC1C(=O)N[C@@H](Cc1ccc(F)c(F)c1)C(=O)NCc1ccc(N)nc1. The number of rotatable bonds is 7. The smallest absolute Gasteiger partial charge is 0.243 e. The molecule has 2 atom stereocenters. The number of nitrogens with two attached hydrogens (primary N) is 1. The van der Waals surface area contributed by atoms with Crippen LogP contribution in [0.4, 0.5) is 14.6 Å². The minimum absolute atomic E-state index is 0.0329. The Balaban J connectivity index is 1.71. The molecule has 4 N–H and O–H groups in total. The molecule has 7 nitrogen and oxygen atoms in total. The molecule has 9 heteroatoms. The Bertz CT molecular complexity index is 907. The van der Waals surface area contributed by atoms with Crippen molar-refractivity contribution >= 4 is 17.6 Å². The Morgan fingerprint density at radius 3 is 2.63 bits per heavy atom. The summed E-state index contributed by atoms with van der Waals surface area (Å²) in [5.74, 6) is -2.28. The molecule has 1 saturated heterocycles. The first-order chi connectivity index (χ1) is 14.3. The van der Waals surface area contributed by atoms with Crippen LogP contribution >= 0.6 is 0 Å². The van der Waals surface area contributed by atoms with E-state index in [0.29, 0.717) is 17.8 Å². The van der Waals surface area contributed by atoms with Crippen LogP contribution in [0, 0.1) is 11.6 Å². The second-order valence-corrected chi connectivity index (χ2v) is 7.46. The monoisotopic (exact) mass is 417 g/mol. The number of nitrogens with zero attached hydrogens (tertiary/aromatic N) is 2. The van der Waals surface area contributed by atoms with Crippen molar-refractivity contribution in [2.24, 2.45) is 0 Å². The van der Waals surface area contributed by atoms with Crippen LogP contribution in [-0.2, 0) is 22.6 Å². The highest BCUT2D eigenvalue weighted by atomic mass is 19.2. The minimum Gasteiger partial charge on any atom is -0.384 e. The van der Waals surface area contributed by atoms with Crippen LogP contribution in [0.5, 0.6) is 0 Å². The number of aromatic nitrogens is 1. The Kier molecular flexibility index (Phi) is 6.94. The van der Waals surface area contributed by atoms with E-state index in [1.165, 1.54) is 6.07 Å². The van der Waals surface area contributed by atoms with Gasteiger partial charge in [0.15, 0.2) is 11.6 Å². The van der Waals surface area contributed by atoms with Crippen LogP contribution in [0.2, 0.25) is 0 Å². The van der Waals surface area contributed by atoms with E-state index in [-0.39, 0.29) is 24.9 Å². The van der Waals surface area contributed by atoms with Gasteiger partial charge in [-0.3, -0.25) is 14.5 Å². The van der Waals surface area contributed by atoms with Crippen molar-refractivity contribution in [2.75, 3.05) is 19.3 Å². The Labute approximate surface area is 173 Å².